The molecule has 0 unspecified atom stereocenters. The third kappa shape index (κ3) is 3.79. The van der Waals surface area contributed by atoms with Crippen molar-refractivity contribution < 1.29 is 17.6 Å². The fourth-order valence-corrected chi connectivity index (χ4v) is 5.32. The number of nitrogens with one attached hydrogen (secondary N) is 2. The highest BCUT2D eigenvalue weighted by atomic mass is 32.2. The Hall–Kier alpha value is -2.13. The van der Waals surface area contributed by atoms with Crippen LogP contribution >= 0.6 is 0 Å². The van der Waals surface area contributed by atoms with E-state index < -0.39 is 10.0 Å². The number of nitrogens with zero attached hydrogens (tertiary/aromatic N) is 2. The smallest absolute Gasteiger partial charge is 0.276 e. The number of hydrogen-bond donors (Lipinski definition) is 2. The van der Waals surface area contributed by atoms with Gasteiger partial charge in [-0.3, -0.25) is 9.89 Å². The maximum absolute atomic E-state index is 13.0. The van der Waals surface area contributed by atoms with Gasteiger partial charge in [-0.05, 0) is 43.9 Å². The standard InChI is InChI=1S/C18H24N4O4S/c23-18(20-14-5-1-2-6-14)13-4-3-11-22(12-13)27(24,25)17-8-7-16(26-17)15-9-10-19-21-15/h7-10,13-14H,1-6,11-12H2,(H,19,21)(H,20,23)/t13-/m1/s1. The summed E-state index contributed by atoms with van der Waals surface area (Å²) in [6.45, 7) is 0.594. The lowest BCUT2D eigenvalue weighted by Crippen LogP contribution is -2.47. The number of aromatic nitrogens is 2. The largest absolute Gasteiger partial charge is 0.442 e. The van der Waals surface area contributed by atoms with Gasteiger partial charge in [-0.25, -0.2) is 8.42 Å². The first kappa shape index (κ1) is 18.2. The molecule has 1 aliphatic heterocycles. The van der Waals surface area contributed by atoms with E-state index in [1.54, 1.807) is 18.3 Å². The van der Waals surface area contributed by atoms with Gasteiger partial charge in [0, 0.05) is 25.3 Å². The fraction of sp³-hybridized carbons (Fsp3) is 0.556. The lowest BCUT2D eigenvalue weighted by molar-refractivity contribution is -0.126. The molecule has 8 nitrogen and oxygen atoms in total. The summed E-state index contributed by atoms with van der Waals surface area (Å²) in [7, 11) is -3.77. The average molecular weight is 392 g/mol. The Morgan fingerprint density at radius 1 is 1.19 bits per heavy atom. The van der Waals surface area contributed by atoms with Gasteiger partial charge in [0.15, 0.2) is 5.76 Å². The Morgan fingerprint density at radius 2 is 2.00 bits per heavy atom. The fourth-order valence-electron chi connectivity index (χ4n) is 3.89. The number of amides is 1. The molecule has 0 aromatic carbocycles. The molecular formula is C18H24N4O4S. The minimum atomic E-state index is -3.77. The Balaban J connectivity index is 1.46. The molecule has 2 aromatic rings. The minimum Gasteiger partial charge on any atom is -0.442 e. The van der Waals surface area contributed by atoms with Gasteiger partial charge >= 0.3 is 0 Å². The molecular weight excluding hydrogens is 368 g/mol. The number of aromatic amines is 1. The molecule has 1 saturated heterocycles. The minimum absolute atomic E-state index is 0.0283. The van der Waals surface area contributed by atoms with Gasteiger partial charge < -0.3 is 9.73 Å². The van der Waals surface area contributed by atoms with Crippen LogP contribution in [0, 0.1) is 5.92 Å². The normalized spacial score (nSPS) is 22.1. The van der Waals surface area contributed by atoms with Crippen molar-refractivity contribution in [1.29, 1.82) is 0 Å². The molecule has 0 bridgehead atoms. The van der Waals surface area contributed by atoms with Gasteiger partial charge in [-0.2, -0.15) is 9.40 Å². The molecule has 146 valence electrons. The van der Waals surface area contributed by atoms with Gasteiger partial charge in [0.2, 0.25) is 11.0 Å². The number of piperidine rings is 1. The zero-order chi connectivity index (χ0) is 18.9. The van der Waals surface area contributed by atoms with E-state index in [4.69, 9.17) is 4.42 Å². The molecule has 1 saturated carbocycles. The zero-order valence-electron chi connectivity index (χ0n) is 15.1. The maximum atomic E-state index is 13.0. The molecule has 0 radical (unpaired) electrons. The first-order chi connectivity index (χ1) is 13.0. The van der Waals surface area contributed by atoms with Crippen LogP contribution in [0.15, 0.2) is 33.9 Å². The summed E-state index contributed by atoms with van der Waals surface area (Å²) in [6, 6.07) is 5.01. The first-order valence-corrected chi connectivity index (χ1v) is 10.9. The van der Waals surface area contributed by atoms with Crippen LogP contribution in [-0.2, 0) is 14.8 Å². The highest BCUT2D eigenvalue weighted by Crippen LogP contribution is 2.28. The van der Waals surface area contributed by atoms with Gasteiger partial charge in [0.05, 0.1) is 5.92 Å². The molecule has 2 aromatic heterocycles. The van der Waals surface area contributed by atoms with E-state index in [0.29, 0.717) is 30.8 Å². The molecule has 3 heterocycles. The van der Waals surface area contributed by atoms with E-state index >= 15 is 0 Å². The average Bonchev–Trinajstić information content (AvgIpc) is 3.42. The van der Waals surface area contributed by atoms with Crippen molar-refractivity contribution in [3.05, 3.63) is 24.4 Å². The van der Waals surface area contributed by atoms with Crippen molar-refractivity contribution in [2.75, 3.05) is 13.1 Å². The topological polar surface area (TPSA) is 108 Å². The molecule has 4 rings (SSSR count). The molecule has 2 fully saturated rings. The number of carbonyl (C=O) groups is 1. The highest BCUT2D eigenvalue weighted by Gasteiger charge is 2.35. The van der Waals surface area contributed by atoms with Crippen molar-refractivity contribution >= 4 is 15.9 Å². The van der Waals surface area contributed by atoms with E-state index in [9.17, 15) is 13.2 Å². The van der Waals surface area contributed by atoms with Crippen LogP contribution in [0.1, 0.15) is 38.5 Å². The summed E-state index contributed by atoms with van der Waals surface area (Å²) in [6.07, 6.45) is 7.27. The maximum Gasteiger partial charge on any atom is 0.276 e. The summed E-state index contributed by atoms with van der Waals surface area (Å²) in [5, 5.41) is 9.57. The quantitative estimate of drug-likeness (QED) is 0.810. The number of rotatable bonds is 5. The zero-order valence-corrected chi connectivity index (χ0v) is 15.9. The van der Waals surface area contributed by atoms with Gasteiger partial charge in [0.25, 0.3) is 10.0 Å². The molecule has 1 aliphatic carbocycles. The SMILES string of the molecule is O=C(NC1CCCC1)[C@@H]1CCCN(S(=O)(=O)c2ccc(-c3ccn[nH]3)o2)C1. The predicted molar refractivity (Wildman–Crippen MR) is 98.2 cm³/mol. The number of furan rings is 1. The summed E-state index contributed by atoms with van der Waals surface area (Å²) in [5.74, 6) is 0.0779. The summed E-state index contributed by atoms with van der Waals surface area (Å²) in [4.78, 5) is 12.6. The molecule has 1 atom stereocenters. The van der Waals surface area contributed by atoms with Crippen LogP contribution in [0.2, 0.25) is 0 Å². The molecule has 0 spiro atoms. The van der Waals surface area contributed by atoms with E-state index in [2.05, 4.69) is 15.5 Å². The van der Waals surface area contributed by atoms with E-state index in [-0.39, 0.29) is 29.5 Å². The third-order valence-corrected chi connectivity index (χ3v) is 7.14. The third-order valence-electron chi connectivity index (χ3n) is 5.40. The Morgan fingerprint density at radius 3 is 2.74 bits per heavy atom. The highest BCUT2D eigenvalue weighted by molar-refractivity contribution is 7.89. The Labute approximate surface area is 158 Å². The van der Waals surface area contributed by atoms with Crippen LogP contribution < -0.4 is 5.32 Å². The van der Waals surface area contributed by atoms with Crippen LogP contribution in [0.5, 0.6) is 0 Å². The van der Waals surface area contributed by atoms with Crippen molar-refractivity contribution in [3.63, 3.8) is 0 Å². The van der Waals surface area contributed by atoms with Crippen LogP contribution in [0.3, 0.4) is 0 Å². The summed E-state index contributed by atoms with van der Waals surface area (Å²) >= 11 is 0. The predicted octanol–water partition coefficient (Wildman–Crippen LogP) is 2.13. The number of hydrogen-bond acceptors (Lipinski definition) is 5. The second-order valence-electron chi connectivity index (χ2n) is 7.28. The number of sulfonamides is 1. The Kier molecular flexibility index (Phi) is 5.05. The van der Waals surface area contributed by atoms with Crippen molar-refractivity contribution in [2.24, 2.45) is 5.92 Å². The lowest BCUT2D eigenvalue weighted by Gasteiger charge is -2.31. The van der Waals surface area contributed by atoms with E-state index in [0.717, 1.165) is 25.7 Å². The van der Waals surface area contributed by atoms with Crippen LogP contribution in [0.4, 0.5) is 0 Å². The van der Waals surface area contributed by atoms with E-state index in [1.165, 1.54) is 10.4 Å². The van der Waals surface area contributed by atoms with Crippen molar-refractivity contribution in [3.8, 4) is 11.5 Å². The summed E-state index contributed by atoms with van der Waals surface area (Å²) in [5.41, 5.74) is 0.615. The second kappa shape index (κ2) is 7.47. The van der Waals surface area contributed by atoms with E-state index in [1.807, 2.05) is 0 Å². The van der Waals surface area contributed by atoms with Gasteiger partial charge in [0.1, 0.15) is 5.69 Å². The van der Waals surface area contributed by atoms with Crippen molar-refractivity contribution in [2.45, 2.75) is 49.7 Å². The van der Waals surface area contributed by atoms with Gasteiger partial charge in [-0.1, -0.05) is 12.8 Å². The molecule has 1 amide bonds. The monoisotopic (exact) mass is 392 g/mol. The lowest BCUT2D eigenvalue weighted by atomic mass is 9.98. The molecule has 2 aliphatic rings. The first-order valence-electron chi connectivity index (χ1n) is 9.44. The molecule has 27 heavy (non-hydrogen) atoms. The van der Waals surface area contributed by atoms with Crippen molar-refractivity contribution in [1.82, 2.24) is 19.8 Å². The van der Waals surface area contributed by atoms with Crippen LogP contribution in [-0.4, -0.2) is 48.0 Å². The molecule has 9 heteroatoms. The Bertz CT molecular complexity index is 884. The van der Waals surface area contributed by atoms with Gasteiger partial charge in [-0.15, -0.1) is 0 Å². The second-order valence-corrected chi connectivity index (χ2v) is 9.15. The molecule has 2 N–H and O–H groups in total. The number of carbonyl (C=O) groups excluding carboxylic acids is 1. The summed E-state index contributed by atoms with van der Waals surface area (Å²) < 4.78 is 32.8. The van der Waals surface area contributed by atoms with Crippen LogP contribution in [0.25, 0.3) is 11.5 Å². The number of H-pyrrole nitrogens is 1.